The summed E-state index contributed by atoms with van der Waals surface area (Å²) in [5.74, 6) is 1.22. The third kappa shape index (κ3) is 4.53. The monoisotopic (exact) mass is 252 g/mol. The molecule has 0 aliphatic carbocycles. The Morgan fingerprint density at radius 3 is 2.94 bits per heavy atom. The quantitative estimate of drug-likeness (QED) is 0.874. The van der Waals surface area contributed by atoms with Crippen LogP contribution < -0.4 is 4.74 Å². The van der Waals surface area contributed by atoms with E-state index in [1.54, 1.807) is 18.2 Å². The van der Waals surface area contributed by atoms with Gasteiger partial charge >= 0.3 is 0 Å². The summed E-state index contributed by atoms with van der Waals surface area (Å²) in [5.41, 5.74) is 0.695. The zero-order valence-electron chi connectivity index (χ0n) is 9.97. The maximum atomic E-state index is 10.7. The Morgan fingerprint density at radius 1 is 1.53 bits per heavy atom. The molecule has 92 valence electrons. The van der Waals surface area contributed by atoms with E-state index in [4.69, 9.17) is 4.74 Å². The van der Waals surface area contributed by atoms with E-state index < -0.39 is 0 Å². The van der Waals surface area contributed by atoms with E-state index in [1.165, 1.54) is 18.7 Å². The molecular weight excluding hydrogens is 236 g/mol. The van der Waals surface area contributed by atoms with Crippen molar-refractivity contribution >= 4 is 23.0 Å². The summed E-state index contributed by atoms with van der Waals surface area (Å²) >= 11 is 1.23. The Bertz CT molecular complexity index is 413. The number of thioether (sulfide) groups is 1. The van der Waals surface area contributed by atoms with Gasteiger partial charge in [0.25, 0.3) is 0 Å². The highest BCUT2D eigenvalue weighted by atomic mass is 32.2. The summed E-state index contributed by atoms with van der Waals surface area (Å²) in [6.07, 6.45) is 3.63. The Labute approximate surface area is 105 Å². The van der Waals surface area contributed by atoms with E-state index >= 15 is 0 Å². The van der Waals surface area contributed by atoms with E-state index in [0.29, 0.717) is 23.7 Å². The molecule has 0 aromatic heterocycles. The molecular formula is C13H16O3S. The molecule has 1 rings (SSSR count). The lowest BCUT2D eigenvalue weighted by molar-refractivity contribution is -0.109. The van der Waals surface area contributed by atoms with Crippen LogP contribution in [0.1, 0.15) is 19.4 Å². The minimum absolute atomic E-state index is 0.0851. The van der Waals surface area contributed by atoms with Gasteiger partial charge in [0.2, 0.25) is 0 Å². The summed E-state index contributed by atoms with van der Waals surface area (Å²) in [6.45, 7) is 3.91. The van der Waals surface area contributed by atoms with Crippen LogP contribution in [0.4, 0.5) is 0 Å². The van der Waals surface area contributed by atoms with Gasteiger partial charge in [-0.2, -0.15) is 0 Å². The zero-order valence-corrected chi connectivity index (χ0v) is 10.8. The molecule has 3 nitrogen and oxygen atoms in total. The first-order valence-electron chi connectivity index (χ1n) is 5.39. The van der Waals surface area contributed by atoms with Crippen LogP contribution >= 0.6 is 11.8 Å². The van der Waals surface area contributed by atoms with Gasteiger partial charge in [0.1, 0.15) is 0 Å². The summed E-state index contributed by atoms with van der Waals surface area (Å²) in [4.78, 5) is 10.7. The third-order valence-electron chi connectivity index (χ3n) is 2.01. The highest BCUT2D eigenvalue weighted by Gasteiger charge is 2.04. The molecule has 0 aliphatic rings. The van der Waals surface area contributed by atoms with Crippen molar-refractivity contribution in [2.24, 2.45) is 0 Å². The number of para-hydroxylation sites is 1. The van der Waals surface area contributed by atoms with Crippen molar-refractivity contribution in [3.8, 4) is 11.5 Å². The van der Waals surface area contributed by atoms with Gasteiger partial charge in [-0.25, -0.2) is 0 Å². The summed E-state index contributed by atoms with van der Waals surface area (Å²) in [6, 6.07) is 5.34. The van der Waals surface area contributed by atoms with Gasteiger partial charge in [-0.1, -0.05) is 36.0 Å². The highest BCUT2D eigenvalue weighted by molar-refractivity contribution is 8.13. The first kappa shape index (κ1) is 13.6. The van der Waals surface area contributed by atoms with E-state index in [0.717, 1.165) is 0 Å². The Balaban J connectivity index is 2.70. The normalized spacial score (nSPS) is 10.7. The van der Waals surface area contributed by atoms with Gasteiger partial charge in [0.05, 0.1) is 6.61 Å². The van der Waals surface area contributed by atoms with Gasteiger partial charge in [0, 0.05) is 18.2 Å². The van der Waals surface area contributed by atoms with Crippen molar-refractivity contribution < 1.29 is 14.6 Å². The standard InChI is InChI=1S/C13H16O3S/c1-3-16-12-8-4-6-11(13(12)15)7-5-9-17-10(2)14/h4-8,15H,3,9H2,1-2H3. The van der Waals surface area contributed by atoms with E-state index in [9.17, 15) is 9.90 Å². The minimum atomic E-state index is 0.0851. The topological polar surface area (TPSA) is 46.5 Å². The van der Waals surface area contributed by atoms with Crippen molar-refractivity contribution in [2.45, 2.75) is 13.8 Å². The number of hydrogen-bond donors (Lipinski definition) is 1. The first-order chi connectivity index (χ1) is 8.15. The maximum absolute atomic E-state index is 10.7. The second kappa shape index (κ2) is 7.01. The summed E-state index contributed by atoms with van der Waals surface area (Å²) in [5, 5.41) is 9.96. The number of hydrogen-bond acceptors (Lipinski definition) is 4. The molecule has 0 saturated carbocycles. The fourth-order valence-electron chi connectivity index (χ4n) is 1.29. The zero-order chi connectivity index (χ0) is 12.7. The molecule has 0 atom stereocenters. The van der Waals surface area contributed by atoms with Crippen molar-refractivity contribution in [2.75, 3.05) is 12.4 Å². The molecule has 0 fully saturated rings. The lowest BCUT2D eigenvalue weighted by Crippen LogP contribution is -1.92. The largest absolute Gasteiger partial charge is 0.504 e. The Morgan fingerprint density at radius 2 is 2.29 bits per heavy atom. The molecule has 1 aromatic rings. The van der Waals surface area contributed by atoms with Crippen LogP contribution in [0.5, 0.6) is 11.5 Å². The number of phenolic OH excluding ortho intramolecular Hbond substituents is 1. The number of aromatic hydroxyl groups is 1. The predicted octanol–water partition coefficient (Wildman–Crippen LogP) is 3.08. The fraction of sp³-hybridized carbons (Fsp3) is 0.308. The van der Waals surface area contributed by atoms with E-state index in [2.05, 4.69) is 0 Å². The van der Waals surface area contributed by atoms with Crippen LogP contribution in [-0.4, -0.2) is 22.6 Å². The minimum Gasteiger partial charge on any atom is -0.504 e. The number of benzene rings is 1. The molecule has 0 aliphatic heterocycles. The average Bonchev–Trinajstić information content (AvgIpc) is 2.29. The van der Waals surface area contributed by atoms with Gasteiger partial charge in [-0.05, 0) is 13.0 Å². The van der Waals surface area contributed by atoms with Gasteiger partial charge < -0.3 is 9.84 Å². The number of ether oxygens (including phenoxy) is 1. The van der Waals surface area contributed by atoms with Gasteiger partial charge in [0.15, 0.2) is 16.6 Å². The molecule has 0 saturated heterocycles. The highest BCUT2D eigenvalue weighted by Crippen LogP contribution is 2.30. The van der Waals surface area contributed by atoms with Crippen LogP contribution in [0.15, 0.2) is 24.3 Å². The Hall–Kier alpha value is -1.42. The van der Waals surface area contributed by atoms with Crippen LogP contribution in [0, 0.1) is 0 Å². The lowest BCUT2D eigenvalue weighted by Gasteiger charge is -2.07. The molecule has 17 heavy (non-hydrogen) atoms. The van der Waals surface area contributed by atoms with Crippen LogP contribution in [-0.2, 0) is 4.79 Å². The van der Waals surface area contributed by atoms with Crippen molar-refractivity contribution in [1.29, 1.82) is 0 Å². The van der Waals surface area contributed by atoms with Gasteiger partial charge in [-0.3, -0.25) is 4.79 Å². The number of phenols is 1. The smallest absolute Gasteiger partial charge is 0.186 e. The molecule has 0 spiro atoms. The molecule has 0 unspecified atom stereocenters. The number of carbonyl (C=O) groups excluding carboxylic acids is 1. The lowest BCUT2D eigenvalue weighted by atomic mass is 10.2. The molecule has 1 aromatic carbocycles. The molecule has 4 heteroatoms. The molecule has 0 bridgehead atoms. The SMILES string of the molecule is CCOc1cccc(C=CCSC(C)=O)c1O. The van der Waals surface area contributed by atoms with Crippen molar-refractivity contribution in [3.05, 3.63) is 29.8 Å². The van der Waals surface area contributed by atoms with E-state index in [1.807, 2.05) is 19.1 Å². The molecule has 1 N–H and O–H groups in total. The number of rotatable bonds is 5. The van der Waals surface area contributed by atoms with E-state index in [-0.39, 0.29) is 10.9 Å². The predicted molar refractivity (Wildman–Crippen MR) is 71.4 cm³/mol. The second-order valence-electron chi connectivity index (χ2n) is 3.33. The second-order valence-corrected chi connectivity index (χ2v) is 4.53. The summed E-state index contributed by atoms with van der Waals surface area (Å²) in [7, 11) is 0. The van der Waals surface area contributed by atoms with Gasteiger partial charge in [-0.15, -0.1) is 0 Å². The van der Waals surface area contributed by atoms with Crippen LogP contribution in [0.25, 0.3) is 6.08 Å². The third-order valence-corrected chi connectivity index (χ3v) is 2.78. The maximum Gasteiger partial charge on any atom is 0.186 e. The average molecular weight is 252 g/mol. The van der Waals surface area contributed by atoms with Crippen LogP contribution in [0.2, 0.25) is 0 Å². The molecule has 0 heterocycles. The van der Waals surface area contributed by atoms with Crippen LogP contribution in [0.3, 0.4) is 0 Å². The number of carbonyl (C=O) groups is 1. The van der Waals surface area contributed by atoms with Crippen molar-refractivity contribution in [3.63, 3.8) is 0 Å². The fourth-order valence-corrected chi connectivity index (χ4v) is 1.71. The summed E-state index contributed by atoms with van der Waals surface area (Å²) < 4.78 is 5.28. The Kier molecular flexibility index (Phi) is 5.63. The van der Waals surface area contributed by atoms with Crippen molar-refractivity contribution in [1.82, 2.24) is 0 Å². The first-order valence-corrected chi connectivity index (χ1v) is 6.38. The molecule has 0 amide bonds. The molecule has 0 radical (unpaired) electrons.